The highest BCUT2D eigenvalue weighted by atomic mass is 32.1. The number of nitrogens with zero attached hydrogens (tertiary/aromatic N) is 1. The summed E-state index contributed by atoms with van der Waals surface area (Å²) >= 11 is 1.63. The number of ether oxygens (including phenoxy) is 1. The van der Waals surface area contributed by atoms with E-state index in [0.717, 1.165) is 63.3 Å². The number of benzene rings is 2. The maximum absolute atomic E-state index is 12.1. The zero-order valence-corrected chi connectivity index (χ0v) is 21.8. The van der Waals surface area contributed by atoms with Gasteiger partial charge in [-0.25, -0.2) is 4.98 Å². The van der Waals surface area contributed by atoms with Crippen molar-refractivity contribution in [1.29, 1.82) is 0 Å². The van der Waals surface area contributed by atoms with Gasteiger partial charge < -0.3 is 4.74 Å². The molecule has 2 aliphatic rings. The molecule has 0 aromatic heterocycles. The van der Waals surface area contributed by atoms with Crippen LogP contribution < -0.4 is 10.2 Å². The number of hydrogen-bond acceptors (Lipinski definition) is 4. The topological polar surface area (TPSA) is 39.2 Å². The van der Waals surface area contributed by atoms with Gasteiger partial charge in [-0.3, -0.25) is 4.79 Å². The summed E-state index contributed by atoms with van der Waals surface area (Å²) in [6.07, 6.45) is 10.4. The van der Waals surface area contributed by atoms with Crippen LogP contribution in [0.4, 0.5) is 0 Å². The minimum atomic E-state index is 0.0841. The van der Waals surface area contributed by atoms with Gasteiger partial charge in [0.15, 0.2) is 5.43 Å². The molecular formula is C29H37NO2S. The number of rotatable bonds is 10. The van der Waals surface area contributed by atoms with Gasteiger partial charge in [-0.2, -0.15) is 0 Å². The molecule has 1 aromatic rings. The average Bonchev–Trinajstić information content (AvgIpc) is 2.76. The number of allylic oxidation sites excluding steroid dienone is 4. The Morgan fingerprint density at radius 1 is 1.09 bits per heavy atom. The Morgan fingerprint density at radius 2 is 1.88 bits per heavy atom. The van der Waals surface area contributed by atoms with E-state index in [4.69, 9.17) is 9.72 Å². The third-order valence-corrected chi connectivity index (χ3v) is 7.41. The molecule has 3 rings (SSSR count). The van der Waals surface area contributed by atoms with E-state index in [0.29, 0.717) is 12.5 Å². The number of hydrogen-bond donors (Lipinski definition) is 0. The predicted molar refractivity (Wildman–Crippen MR) is 143 cm³/mol. The van der Waals surface area contributed by atoms with Crippen LogP contribution in [0.5, 0.6) is 5.75 Å². The summed E-state index contributed by atoms with van der Waals surface area (Å²) in [5.41, 5.74) is 6.52. The molecule has 1 aliphatic heterocycles. The van der Waals surface area contributed by atoms with Gasteiger partial charge in [0.2, 0.25) is 0 Å². The zero-order valence-electron chi connectivity index (χ0n) is 21.0. The molecule has 0 bridgehead atoms. The molecule has 176 valence electrons. The molecule has 0 N–H and O–H groups in total. The molecule has 1 unspecified atom stereocenters. The zero-order chi connectivity index (χ0) is 24.0. The molecular weight excluding hydrogens is 426 g/mol. The fraction of sp³-hybridized carbons (Fsp3) is 0.448. The van der Waals surface area contributed by atoms with E-state index in [2.05, 4.69) is 45.9 Å². The van der Waals surface area contributed by atoms with Crippen molar-refractivity contribution in [1.82, 2.24) is 4.98 Å². The van der Waals surface area contributed by atoms with Crippen molar-refractivity contribution in [2.75, 3.05) is 6.61 Å². The lowest BCUT2D eigenvalue weighted by Crippen LogP contribution is -2.08. The fourth-order valence-electron chi connectivity index (χ4n) is 3.92. The SMILES string of the molecule is CC(C)=CCC/C(C)=C/CCC(C)CCOc1ccc2sc3c(C)c(=O)cc(C)c-3nc2c1. The van der Waals surface area contributed by atoms with Crippen LogP contribution >= 0.6 is 11.3 Å². The minimum absolute atomic E-state index is 0.0841. The van der Waals surface area contributed by atoms with Crippen molar-refractivity contribution in [3.05, 3.63) is 68.9 Å². The first-order valence-electron chi connectivity index (χ1n) is 12.0. The fourth-order valence-corrected chi connectivity index (χ4v) is 5.05. The Hall–Kier alpha value is -2.46. The molecule has 1 aliphatic carbocycles. The number of aromatic nitrogens is 1. The van der Waals surface area contributed by atoms with E-state index >= 15 is 0 Å². The Bertz CT molecular complexity index is 1180. The summed E-state index contributed by atoms with van der Waals surface area (Å²) < 4.78 is 7.14. The minimum Gasteiger partial charge on any atom is -0.494 e. The standard InChI is InChI=1S/C29H37NO2S/c1-19(2)9-7-10-20(3)11-8-12-21(4)15-16-32-24-13-14-27-25(18-24)30-28-22(5)17-26(31)23(6)29(28)33-27/h9,11,13-14,17-18,21H,7-8,10,12,15-16H2,1-6H3/b20-11+. The van der Waals surface area contributed by atoms with E-state index in [1.807, 2.05) is 26.0 Å². The van der Waals surface area contributed by atoms with Crippen molar-refractivity contribution in [2.24, 2.45) is 5.92 Å². The van der Waals surface area contributed by atoms with Gasteiger partial charge in [-0.15, -0.1) is 11.3 Å². The number of fused-ring (bicyclic) bond motifs is 2. The molecule has 0 saturated carbocycles. The summed E-state index contributed by atoms with van der Waals surface area (Å²) in [7, 11) is 0. The van der Waals surface area contributed by atoms with E-state index < -0.39 is 0 Å². The van der Waals surface area contributed by atoms with Crippen LogP contribution in [-0.2, 0) is 0 Å². The molecule has 0 saturated heterocycles. The second-order valence-electron chi connectivity index (χ2n) is 9.53. The number of aryl methyl sites for hydroxylation is 1. The van der Waals surface area contributed by atoms with Gasteiger partial charge in [0.05, 0.1) is 27.4 Å². The lowest BCUT2D eigenvalue weighted by molar-refractivity contribution is 0.280. The van der Waals surface area contributed by atoms with Crippen molar-refractivity contribution in [3.8, 4) is 16.3 Å². The lowest BCUT2D eigenvalue weighted by atomic mass is 10.0. The van der Waals surface area contributed by atoms with Gasteiger partial charge in [-0.05, 0) is 96.4 Å². The summed E-state index contributed by atoms with van der Waals surface area (Å²) in [6.45, 7) is 13.4. The predicted octanol–water partition coefficient (Wildman–Crippen LogP) is 8.26. The largest absolute Gasteiger partial charge is 0.494 e. The van der Waals surface area contributed by atoms with Crippen molar-refractivity contribution in [3.63, 3.8) is 0 Å². The molecule has 0 spiro atoms. The van der Waals surface area contributed by atoms with Crippen LogP contribution in [0, 0.1) is 19.8 Å². The normalized spacial score (nSPS) is 12.8. The molecule has 1 heterocycles. The van der Waals surface area contributed by atoms with Crippen molar-refractivity contribution >= 4 is 21.6 Å². The summed E-state index contributed by atoms with van der Waals surface area (Å²) in [5.74, 6) is 1.49. The summed E-state index contributed by atoms with van der Waals surface area (Å²) in [5, 5.41) is 0. The van der Waals surface area contributed by atoms with Crippen LogP contribution in [0.25, 0.3) is 20.8 Å². The molecule has 0 amide bonds. The van der Waals surface area contributed by atoms with Crippen LogP contribution in [0.3, 0.4) is 0 Å². The quantitative estimate of drug-likeness (QED) is 0.224. The van der Waals surface area contributed by atoms with E-state index in [-0.39, 0.29) is 5.43 Å². The molecule has 3 nitrogen and oxygen atoms in total. The van der Waals surface area contributed by atoms with Crippen molar-refractivity contribution in [2.45, 2.75) is 73.6 Å². The smallest absolute Gasteiger partial charge is 0.183 e. The van der Waals surface area contributed by atoms with Gasteiger partial charge in [-0.1, -0.05) is 30.2 Å². The Balaban J connectivity index is 1.54. The van der Waals surface area contributed by atoms with Gasteiger partial charge in [0.25, 0.3) is 0 Å². The second kappa shape index (κ2) is 11.6. The van der Waals surface area contributed by atoms with Crippen molar-refractivity contribution < 1.29 is 4.74 Å². The Kier molecular flexibility index (Phi) is 8.85. The van der Waals surface area contributed by atoms with E-state index in [1.165, 1.54) is 17.6 Å². The van der Waals surface area contributed by atoms with Gasteiger partial charge in [0, 0.05) is 11.6 Å². The average molecular weight is 464 g/mol. The summed E-state index contributed by atoms with van der Waals surface area (Å²) in [4.78, 5) is 18.0. The van der Waals surface area contributed by atoms with Gasteiger partial charge >= 0.3 is 0 Å². The molecule has 0 radical (unpaired) electrons. The van der Waals surface area contributed by atoms with E-state index in [1.54, 1.807) is 17.4 Å². The highest BCUT2D eigenvalue weighted by Gasteiger charge is 2.15. The molecule has 33 heavy (non-hydrogen) atoms. The second-order valence-corrected chi connectivity index (χ2v) is 10.6. The Labute approximate surface area is 202 Å². The van der Waals surface area contributed by atoms with E-state index in [9.17, 15) is 4.79 Å². The van der Waals surface area contributed by atoms with Crippen LogP contribution in [0.1, 0.15) is 70.9 Å². The van der Waals surface area contributed by atoms with Gasteiger partial charge in [0.1, 0.15) is 5.75 Å². The van der Waals surface area contributed by atoms with Crippen LogP contribution in [0.15, 0.2) is 52.4 Å². The van der Waals surface area contributed by atoms with Crippen LogP contribution in [0.2, 0.25) is 0 Å². The summed E-state index contributed by atoms with van der Waals surface area (Å²) in [6, 6.07) is 7.78. The highest BCUT2D eigenvalue weighted by molar-refractivity contribution is 7.21. The molecule has 0 fully saturated rings. The maximum Gasteiger partial charge on any atom is 0.183 e. The lowest BCUT2D eigenvalue weighted by Gasteiger charge is -2.14. The maximum atomic E-state index is 12.1. The highest BCUT2D eigenvalue weighted by Crippen LogP contribution is 2.35. The molecule has 4 heteroatoms. The first-order chi connectivity index (χ1) is 15.7. The van der Waals surface area contributed by atoms with Crippen LogP contribution in [-0.4, -0.2) is 11.6 Å². The molecule has 1 aromatic carbocycles. The third kappa shape index (κ3) is 7.01. The first kappa shape index (κ1) is 25.2. The third-order valence-electron chi connectivity index (χ3n) is 6.14. The molecule has 1 atom stereocenters. The first-order valence-corrected chi connectivity index (χ1v) is 12.8. The Morgan fingerprint density at radius 3 is 2.64 bits per heavy atom. The monoisotopic (exact) mass is 463 g/mol.